The van der Waals surface area contributed by atoms with E-state index in [1.54, 1.807) is 0 Å². The van der Waals surface area contributed by atoms with Gasteiger partial charge in [-0.1, -0.05) is 53.2 Å². The van der Waals surface area contributed by atoms with Gasteiger partial charge in [0, 0.05) is 18.0 Å². The zero-order chi connectivity index (χ0) is 14.3. The lowest BCUT2D eigenvalue weighted by Gasteiger charge is -2.26. The fraction of sp³-hybridized carbons (Fsp3) is 0.647. The summed E-state index contributed by atoms with van der Waals surface area (Å²) in [6.45, 7) is 12.7. The zero-order valence-electron chi connectivity index (χ0n) is 13.1. The molecule has 108 valence electrons. The van der Waals surface area contributed by atoms with Gasteiger partial charge in [0.05, 0.1) is 6.61 Å². The summed E-state index contributed by atoms with van der Waals surface area (Å²) in [6.07, 6.45) is 2.33. The molecule has 0 aliphatic carbocycles. The third-order valence-electron chi connectivity index (χ3n) is 3.08. The molecule has 19 heavy (non-hydrogen) atoms. The van der Waals surface area contributed by atoms with E-state index in [4.69, 9.17) is 4.74 Å². The predicted octanol–water partition coefficient (Wildman–Crippen LogP) is 4.04. The molecule has 0 amide bonds. The number of hydrogen-bond donors (Lipinski definition) is 1. The fourth-order valence-corrected chi connectivity index (χ4v) is 1.85. The van der Waals surface area contributed by atoms with Crippen LogP contribution in [-0.4, -0.2) is 19.2 Å². The lowest BCUT2D eigenvalue weighted by atomic mass is 9.94. The highest BCUT2D eigenvalue weighted by Gasteiger charge is 2.19. The molecule has 1 N–H and O–H groups in total. The van der Waals surface area contributed by atoms with Gasteiger partial charge in [0.15, 0.2) is 0 Å². The van der Waals surface area contributed by atoms with Gasteiger partial charge >= 0.3 is 0 Å². The summed E-state index contributed by atoms with van der Waals surface area (Å²) in [4.78, 5) is 0. The first kappa shape index (κ1) is 16.0. The van der Waals surface area contributed by atoms with Gasteiger partial charge in [0.2, 0.25) is 0 Å². The van der Waals surface area contributed by atoms with E-state index in [-0.39, 0.29) is 5.41 Å². The average molecular weight is 263 g/mol. The van der Waals surface area contributed by atoms with Crippen LogP contribution in [0.5, 0.6) is 5.75 Å². The predicted molar refractivity (Wildman–Crippen MR) is 82.9 cm³/mol. The molecule has 0 radical (unpaired) electrons. The van der Waals surface area contributed by atoms with Gasteiger partial charge in [-0.2, -0.15) is 0 Å². The summed E-state index contributed by atoms with van der Waals surface area (Å²) in [7, 11) is 0. The van der Waals surface area contributed by atoms with Crippen LogP contribution >= 0.6 is 0 Å². The molecule has 0 unspecified atom stereocenters. The number of benzene rings is 1. The molecule has 0 spiro atoms. The van der Waals surface area contributed by atoms with Crippen LogP contribution in [0.4, 0.5) is 0 Å². The van der Waals surface area contributed by atoms with Crippen molar-refractivity contribution in [3.63, 3.8) is 0 Å². The van der Waals surface area contributed by atoms with Crippen LogP contribution in [0.2, 0.25) is 0 Å². The summed E-state index contributed by atoms with van der Waals surface area (Å²) in [6, 6.07) is 9.01. The van der Waals surface area contributed by atoms with Crippen molar-refractivity contribution in [3.8, 4) is 5.75 Å². The van der Waals surface area contributed by atoms with Gasteiger partial charge in [0.1, 0.15) is 5.75 Å². The first-order chi connectivity index (χ1) is 8.93. The Morgan fingerprint density at radius 3 is 2.32 bits per heavy atom. The molecular formula is C17H29NO. The third kappa shape index (κ3) is 6.63. The highest BCUT2D eigenvalue weighted by atomic mass is 16.5. The largest absolute Gasteiger partial charge is 0.493 e. The average Bonchev–Trinajstić information content (AvgIpc) is 2.36. The van der Waals surface area contributed by atoms with Crippen LogP contribution in [0.15, 0.2) is 24.3 Å². The standard InChI is InChI=1S/C17H29NO/c1-6-7-15-8-10-16(11-9-15)19-13-17(4,5)12-18-14(2)3/h8-11,14,18H,6-7,12-13H2,1-5H3. The van der Waals surface area contributed by atoms with Gasteiger partial charge in [-0.15, -0.1) is 0 Å². The second-order valence-electron chi connectivity index (χ2n) is 6.38. The normalized spacial score (nSPS) is 11.9. The van der Waals surface area contributed by atoms with Gasteiger partial charge in [-0.3, -0.25) is 0 Å². The van der Waals surface area contributed by atoms with Crippen molar-refractivity contribution in [2.24, 2.45) is 5.41 Å². The van der Waals surface area contributed by atoms with Crippen molar-refractivity contribution in [3.05, 3.63) is 29.8 Å². The molecule has 0 bridgehead atoms. The molecule has 1 rings (SSSR count). The van der Waals surface area contributed by atoms with Crippen molar-refractivity contribution in [1.29, 1.82) is 0 Å². The van der Waals surface area contributed by atoms with E-state index in [0.717, 1.165) is 25.3 Å². The quantitative estimate of drug-likeness (QED) is 0.764. The lowest BCUT2D eigenvalue weighted by Crippen LogP contribution is -2.37. The van der Waals surface area contributed by atoms with Crippen molar-refractivity contribution in [1.82, 2.24) is 5.32 Å². The Bertz CT molecular complexity index is 354. The topological polar surface area (TPSA) is 21.3 Å². The van der Waals surface area contributed by atoms with Crippen LogP contribution in [-0.2, 0) is 6.42 Å². The Kier molecular flexibility index (Phi) is 6.36. The highest BCUT2D eigenvalue weighted by Crippen LogP contribution is 2.19. The van der Waals surface area contributed by atoms with Crippen LogP contribution in [0.25, 0.3) is 0 Å². The van der Waals surface area contributed by atoms with Crippen molar-refractivity contribution in [2.75, 3.05) is 13.2 Å². The van der Waals surface area contributed by atoms with E-state index < -0.39 is 0 Å². The molecule has 2 nitrogen and oxygen atoms in total. The molecule has 0 fully saturated rings. The second-order valence-corrected chi connectivity index (χ2v) is 6.38. The first-order valence-electron chi connectivity index (χ1n) is 7.38. The minimum absolute atomic E-state index is 0.145. The Hall–Kier alpha value is -1.02. The minimum atomic E-state index is 0.145. The summed E-state index contributed by atoms with van der Waals surface area (Å²) in [5.74, 6) is 0.970. The molecule has 0 aliphatic rings. The molecule has 0 aliphatic heterocycles. The van der Waals surface area contributed by atoms with E-state index >= 15 is 0 Å². The number of hydrogen-bond acceptors (Lipinski definition) is 2. The Balaban J connectivity index is 2.42. The molecule has 0 saturated carbocycles. The van der Waals surface area contributed by atoms with Crippen LogP contribution < -0.4 is 10.1 Å². The zero-order valence-corrected chi connectivity index (χ0v) is 13.1. The summed E-state index contributed by atoms with van der Waals surface area (Å²) in [5, 5.41) is 3.47. The Labute approximate surface area is 118 Å². The van der Waals surface area contributed by atoms with Crippen LogP contribution in [0.1, 0.15) is 46.6 Å². The number of rotatable bonds is 8. The SMILES string of the molecule is CCCc1ccc(OCC(C)(C)CNC(C)C)cc1. The van der Waals surface area contributed by atoms with Crippen molar-refractivity contribution in [2.45, 2.75) is 53.5 Å². The molecule has 0 saturated heterocycles. The van der Waals surface area contributed by atoms with Gasteiger partial charge in [-0.25, -0.2) is 0 Å². The van der Waals surface area contributed by atoms with E-state index in [1.807, 2.05) is 0 Å². The molecule has 1 aromatic rings. The number of aryl methyl sites for hydroxylation is 1. The van der Waals surface area contributed by atoms with Crippen molar-refractivity contribution < 1.29 is 4.74 Å². The van der Waals surface area contributed by atoms with E-state index in [9.17, 15) is 0 Å². The number of ether oxygens (including phenoxy) is 1. The second kappa shape index (κ2) is 7.54. The third-order valence-corrected chi connectivity index (χ3v) is 3.08. The monoisotopic (exact) mass is 263 g/mol. The minimum Gasteiger partial charge on any atom is -0.493 e. The molecule has 2 heteroatoms. The van der Waals surface area contributed by atoms with Gasteiger partial charge in [-0.05, 0) is 24.1 Å². The van der Waals surface area contributed by atoms with Gasteiger partial charge < -0.3 is 10.1 Å². The molecule has 0 atom stereocenters. The number of nitrogens with one attached hydrogen (secondary N) is 1. The smallest absolute Gasteiger partial charge is 0.119 e. The lowest BCUT2D eigenvalue weighted by molar-refractivity contribution is 0.173. The molecule has 0 aromatic heterocycles. The summed E-state index contributed by atoms with van der Waals surface area (Å²) in [5.41, 5.74) is 1.53. The van der Waals surface area contributed by atoms with Crippen LogP contribution in [0, 0.1) is 5.41 Å². The van der Waals surface area contributed by atoms with E-state index in [0.29, 0.717) is 6.04 Å². The van der Waals surface area contributed by atoms with Crippen molar-refractivity contribution >= 4 is 0 Å². The molecular weight excluding hydrogens is 234 g/mol. The highest BCUT2D eigenvalue weighted by molar-refractivity contribution is 5.27. The summed E-state index contributed by atoms with van der Waals surface area (Å²) >= 11 is 0. The Morgan fingerprint density at radius 2 is 1.79 bits per heavy atom. The molecule has 0 heterocycles. The maximum absolute atomic E-state index is 5.90. The summed E-state index contributed by atoms with van der Waals surface area (Å²) < 4.78 is 5.90. The van der Waals surface area contributed by atoms with E-state index in [1.165, 1.54) is 12.0 Å². The maximum atomic E-state index is 5.90. The van der Waals surface area contributed by atoms with Gasteiger partial charge in [0.25, 0.3) is 0 Å². The maximum Gasteiger partial charge on any atom is 0.119 e. The van der Waals surface area contributed by atoms with Crippen LogP contribution in [0.3, 0.4) is 0 Å². The Morgan fingerprint density at radius 1 is 1.16 bits per heavy atom. The molecule has 1 aromatic carbocycles. The van der Waals surface area contributed by atoms with E-state index in [2.05, 4.69) is 64.2 Å². The first-order valence-corrected chi connectivity index (χ1v) is 7.38. The fourth-order valence-electron chi connectivity index (χ4n) is 1.85.